The lowest BCUT2D eigenvalue weighted by molar-refractivity contribution is 0.590. The largest absolute Gasteiger partial charge is 0.456 e. The van der Waals surface area contributed by atoms with Crippen molar-refractivity contribution < 1.29 is 19.8 Å². The molecule has 522 valence electrons. The van der Waals surface area contributed by atoms with Crippen LogP contribution < -0.4 is 26.2 Å². The summed E-state index contributed by atoms with van der Waals surface area (Å²) in [5.41, 5.74) is 26.8. The first-order valence-electron chi connectivity index (χ1n) is 41.7. The summed E-state index contributed by atoms with van der Waals surface area (Å²) in [6, 6.07) is 105. The van der Waals surface area contributed by atoms with Crippen LogP contribution in [0, 0.1) is 0 Å². The van der Waals surface area contributed by atoms with Crippen LogP contribution in [0.2, 0.25) is 0 Å². The molecule has 2 aliphatic rings. The van der Waals surface area contributed by atoms with Crippen LogP contribution in [0.3, 0.4) is 0 Å². The molecule has 5 heterocycles. The molecule has 0 aliphatic carbocycles. The Hall–Kier alpha value is -13.4. The third-order valence-electron chi connectivity index (χ3n) is 22.7. The zero-order valence-corrected chi connectivity index (χ0v) is 61.6. The molecule has 0 amide bonds. The van der Waals surface area contributed by atoms with Crippen LogP contribution in [-0.4, -0.2) is 11.3 Å². The molecule has 5 nitrogen and oxygen atoms in total. The van der Waals surface area contributed by atoms with E-state index >= 15 is 0 Å². The first-order chi connectivity index (χ1) is 57.2. The molecule has 0 saturated heterocycles. The van der Waals surface area contributed by atoms with E-state index in [-0.39, 0.29) is 39.3 Å². The van der Waals surface area contributed by atoms with Crippen molar-refractivity contribution in [3.8, 4) is 83.6 Å². The molecule has 0 fully saturated rings. The van der Waals surface area contributed by atoms with Crippen LogP contribution >= 0.6 is 0 Å². The van der Waals surface area contributed by atoms with Gasteiger partial charge in [-0.25, -0.2) is 0 Å². The Morgan fingerprint density at radius 2 is 0.718 bits per heavy atom. The molecule has 0 unspecified atom stereocenters. The number of furan rings is 2. The summed E-state index contributed by atoms with van der Waals surface area (Å²) in [5, 5.41) is 3.84. The van der Waals surface area contributed by atoms with E-state index < -0.39 is 48.4 Å². The molecule has 16 aromatic carbocycles. The molecule has 0 bridgehead atoms. The molecule has 21 rings (SSSR count). The Bertz CT molecular complexity index is 7360. The lowest BCUT2D eigenvalue weighted by Crippen LogP contribution is -2.61. The number of aromatic nitrogens is 1. The van der Waals surface area contributed by atoms with Gasteiger partial charge in [-0.05, 0) is 185 Å². The number of benzene rings is 16. The molecule has 3 aromatic heterocycles. The van der Waals surface area contributed by atoms with Crippen molar-refractivity contribution >= 4 is 123 Å². The molecule has 6 heteroatoms. The minimum Gasteiger partial charge on any atom is -0.456 e. The van der Waals surface area contributed by atoms with Crippen molar-refractivity contribution in [2.24, 2.45) is 0 Å². The quantitative estimate of drug-likeness (QED) is 0.128. The van der Waals surface area contributed by atoms with E-state index in [1.165, 1.54) is 5.56 Å². The van der Waals surface area contributed by atoms with Gasteiger partial charge in [0, 0.05) is 83.0 Å². The third kappa shape index (κ3) is 10.4. The minimum atomic E-state index is -0.575. The highest BCUT2D eigenvalue weighted by Crippen LogP contribution is 2.57. The van der Waals surface area contributed by atoms with E-state index in [0.29, 0.717) is 11.3 Å². The van der Waals surface area contributed by atoms with Crippen molar-refractivity contribution in [2.45, 2.75) is 52.4 Å². The highest BCUT2D eigenvalue weighted by Gasteiger charge is 2.47. The summed E-state index contributed by atoms with van der Waals surface area (Å²) in [5.74, 6) is 0. The lowest BCUT2D eigenvalue weighted by Gasteiger charge is -2.46. The number of para-hydroxylation sites is 4. The van der Waals surface area contributed by atoms with Gasteiger partial charge in [-0.1, -0.05) is 302 Å². The van der Waals surface area contributed by atoms with E-state index in [1.54, 1.807) is 4.57 Å². The molecule has 19 aromatic rings. The van der Waals surface area contributed by atoms with Gasteiger partial charge >= 0.3 is 0 Å². The van der Waals surface area contributed by atoms with Crippen molar-refractivity contribution in [3.05, 3.63) is 363 Å². The molecular formula is C104H76BN3O2. The van der Waals surface area contributed by atoms with Crippen LogP contribution in [0.25, 0.3) is 149 Å². The van der Waals surface area contributed by atoms with Crippen molar-refractivity contribution in [2.75, 3.05) is 9.80 Å². The van der Waals surface area contributed by atoms with Crippen LogP contribution in [0.15, 0.2) is 360 Å². The zero-order valence-electron chi connectivity index (χ0n) is 69.6. The number of nitrogens with zero attached hydrogens (tertiary/aromatic N) is 3. The highest BCUT2D eigenvalue weighted by atomic mass is 16.3. The smallest absolute Gasteiger partial charge is 0.252 e. The predicted octanol–water partition coefficient (Wildman–Crippen LogP) is 26.9. The van der Waals surface area contributed by atoms with Crippen LogP contribution in [0.4, 0.5) is 34.1 Å². The van der Waals surface area contributed by atoms with Crippen molar-refractivity contribution in [1.29, 1.82) is 0 Å². The van der Waals surface area contributed by atoms with E-state index in [0.717, 1.165) is 172 Å². The van der Waals surface area contributed by atoms with Crippen LogP contribution in [-0.2, 0) is 10.8 Å². The number of anilines is 6. The van der Waals surface area contributed by atoms with E-state index in [2.05, 4.69) is 312 Å². The molecule has 0 N–H and O–H groups in total. The monoisotopic (exact) mass is 1420 g/mol. The van der Waals surface area contributed by atoms with Crippen LogP contribution in [0.1, 0.15) is 63.6 Å². The molecule has 110 heavy (non-hydrogen) atoms. The zero-order chi connectivity index (χ0) is 80.6. The first-order valence-corrected chi connectivity index (χ1v) is 37.7. The molecular weight excluding hydrogens is 1330 g/mol. The van der Waals surface area contributed by atoms with Gasteiger partial charge in [-0.2, -0.15) is 0 Å². The summed E-state index contributed by atoms with van der Waals surface area (Å²) in [4.78, 5) is 5.04. The number of hydrogen-bond donors (Lipinski definition) is 0. The summed E-state index contributed by atoms with van der Waals surface area (Å²) in [6.45, 7) is 13.0. The fourth-order valence-electron chi connectivity index (χ4n) is 17.5. The topological polar surface area (TPSA) is 37.7 Å². The van der Waals surface area contributed by atoms with Gasteiger partial charge in [-0.15, -0.1) is 0 Å². The second-order valence-corrected chi connectivity index (χ2v) is 31.3. The fourth-order valence-corrected chi connectivity index (χ4v) is 17.5. The van der Waals surface area contributed by atoms with Crippen molar-refractivity contribution in [3.63, 3.8) is 0 Å². The Morgan fingerprint density at radius 3 is 1.22 bits per heavy atom. The summed E-state index contributed by atoms with van der Waals surface area (Å²) >= 11 is 0. The standard InChI is InChI=1S/C104H76BN3O2/c1-103(2,3)73-52-49-67(50-53-73)70-51-56-90-87(61-70)105-86-55-54-75(106-88-43-23-19-37-76(88)77-38-20-24-44-89(77)106)64-91(86)108(102-83(69-35-17-10-18-36-69)58-72(66-31-13-8-14-32-66)60-85(102)79-42-28-48-97-99(79)81-40-22-26-46-95(81)110-97)93-63-74(104(4,5)6)62-92(100(93)105)107(90)101-82(68-33-15-9-16-34-68)57-71(65-29-11-7-12-30-65)59-84(101)78-41-27-47-96-98(78)80-39-21-25-45-94(80)109-96/h7-64H,1-6H3/i19D,20D,23D,24D,37D,38D,43D,44D. The normalized spacial score (nSPS) is 13.8. The van der Waals surface area contributed by atoms with Gasteiger partial charge in [-0.3, -0.25) is 0 Å². The maximum atomic E-state index is 9.99. The maximum absolute atomic E-state index is 9.99. The number of rotatable bonds is 10. The van der Waals surface area contributed by atoms with Gasteiger partial charge in [0.05, 0.1) is 33.4 Å². The van der Waals surface area contributed by atoms with Gasteiger partial charge in [0.25, 0.3) is 6.71 Å². The summed E-state index contributed by atoms with van der Waals surface area (Å²) in [7, 11) is 0. The molecule has 0 saturated carbocycles. The Morgan fingerprint density at radius 1 is 0.291 bits per heavy atom. The Labute approximate surface area is 652 Å². The van der Waals surface area contributed by atoms with Gasteiger partial charge < -0.3 is 23.2 Å². The minimum absolute atomic E-state index is 0.00874. The van der Waals surface area contributed by atoms with Gasteiger partial charge in [0.15, 0.2) is 0 Å². The second kappa shape index (κ2) is 25.1. The third-order valence-corrected chi connectivity index (χ3v) is 22.7. The number of fused-ring (bicyclic) bond motifs is 13. The van der Waals surface area contributed by atoms with E-state index in [1.807, 2.05) is 42.5 Å². The Kier molecular flexibility index (Phi) is 13.0. The van der Waals surface area contributed by atoms with Crippen molar-refractivity contribution in [1.82, 2.24) is 4.57 Å². The number of hydrogen-bond acceptors (Lipinski definition) is 4. The summed E-state index contributed by atoms with van der Waals surface area (Å²) in [6.07, 6.45) is 0. The molecule has 0 atom stereocenters. The Balaban J connectivity index is 0.976. The predicted molar refractivity (Wildman–Crippen MR) is 465 cm³/mol. The second-order valence-electron chi connectivity index (χ2n) is 31.3. The molecule has 0 radical (unpaired) electrons. The maximum Gasteiger partial charge on any atom is 0.252 e. The average molecular weight is 1420 g/mol. The van der Waals surface area contributed by atoms with E-state index in [4.69, 9.17) is 8.83 Å². The van der Waals surface area contributed by atoms with Crippen LogP contribution in [0.5, 0.6) is 0 Å². The van der Waals surface area contributed by atoms with E-state index in [9.17, 15) is 11.0 Å². The van der Waals surface area contributed by atoms with Gasteiger partial charge in [0.1, 0.15) is 22.3 Å². The average Bonchev–Trinajstić information content (AvgIpc) is 1.38. The molecule has 0 spiro atoms. The highest BCUT2D eigenvalue weighted by molar-refractivity contribution is 7.00. The SMILES string of the molecule is [2H]c1c([2H])c([2H])c2c(c1[2H])c1c([2H])c([2H])c([2H])c([2H])c1n2-c1ccc2c(c1)N(c1c(-c3ccccc3)cc(-c3ccccc3)cc1-c1cccc3oc4ccccc4c13)c1cc(C(C)(C)C)cc3c1B2c1cc(-c2ccc(C(C)(C)C)cc2)ccc1N3c1c(-c2ccccc2)cc(-c2ccccc2)cc1-c1cccc2oc3ccccc3c12. The molecule has 2 aliphatic heterocycles. The fraction of sp³-hybridized carbons (Fsp3) is 0.0769. The lowest BCUT2D eigenvalue weighted by atomic mass is 9.33. The summed E-state index contributed by atoms with van der Waals surface area (Å²) < 4.78 is 92.0. The van der Waals surface area contributed by atoms with Gasteiger partial charge in [0.2, 0.25) is 0 Å². The first kappa shape index (κ1) is 56.9.